The molecule has 0 aromatic heterocycles. The molecule has 1 atom stereocenters. The first kappa shape index (κ1) is 13.0. The third-order valence-electron chi connectivity index (χ3n) is 2.29. The Morgan fingerprint density at radius 1 is 1.53 bits per heavy atom. The molecule has 0 bridgehead atoms. The molecule has 0 heterocycles. The Hall–Kier alpha value is -2.07. The van der Waals surface area contributed by atoms with E-state index < -0.39 is 0 Å². The number of hydrogen-bond donors (Lipinski definition) is 1. The lowest BCUT2D eigenvalue weighted by atomic mass is 10.0. The van der Waals surface area contributed by atoms with Crippen molar-refractivity contribution >= 4 is 5.91 Å². The molecule has 0 aliphatic heterocycles. The monoisotopic (exact) mass is 236 g/mol. The predicted octanol–water partition coefficient (Wildman–Crippen LogP) is 2.70. The van der Waals surface area contributed by atoms with Crippen molar-refractivity contribution < 1.29 is 9.18 Å². The minimum absolute atomic E-state index is 0.197. The van der Waals surface area contributed by atoms with Gasteiger partial charge in [0.05, 0.1) is 6.04 Å². The van der Waals surface area contributed by atoms with Crippen molar-refractivity contribution in [3.63, 3.8) is 0 Å². The molecule has 0 saturated carbocycles. The van der Waals surface area contributed by atoms with Crippen molar-refractivity contribution in [2.45, 2.75) is 19.4 Å². The molecule has 0 radical (unpaired) electrons. The summed E-state index contributed by atoms with van der Waals surface area (Å²) in [6, 6.07) is 5.74. The second-order valence-electron chi connectivity index (χ2n) is 3.47. The van der Waals surface area contributed by atoms with Crippen LogP contribution in [0.2, 0.25) is 0 Å². The Balaban J connectivity index is 2.68. The summed E-state index contributed by atoms with van der Waals surface area (Å²) in [4.78, 5) is 13.9. The molecule has 17 heavy (non-hydrogen) atoms. The minimum atomic E-state index is -0.348. The molecule has 0 unspecified atom stereocenters. The summed E-state index contributed by atoms with van der Waals surface area (Å²) in [6.45, 7) is 1.68. The van der Waals surface area contributed by atoms with E-state index in [0.29, 0.717) is 6.42 Å². The second-order valence-corrected chi connectivity index (χ2v) is 3.47. The first-order valence-electron chi connectivity index (χ1n) is 5.23. The average molecular weight is 236 g/mol. The standard InChI is InChI=1S/C11H13FN4O/c1-2-10(15-11(17)7-14-16-13)8-3-5-9(12)6-4-8/h3-6,10H,2,7H2,1H3,(H,15,17)/t10-/m1/s1. The third kappa shape index (κ3) is 4.12. The van der Waals surface area contributed by atoms with E-state index in [4.69, 9.17) is 5.53 Å². The Kier molecular flexibility index (Phi) is 4.97. The number of azide groups is 1. The van der Waals surface area contributed by atoms with Gasteiger partial charge in [-0.2, -0.15) is 0 Å². The van der Waals surface area contributed by atoms with Gasteiger partial charge in [0.25, 0.3) is 0 Å². The van der Waals surface area contributed by atoms with E-state index in [1.54, 1.807) is 12.1 Å². The molecule has 0 spiro atoms. The number of halogens is 1. The Bertz CT molecular complexity index is 426. The normalized spacial score (nSPS) is 11.4. The molecule has 1 rings (SSSR count). The second kappa shape index (κ2) is 6.50. The van der Waals surface area contributed by atoms with Gasteiger partial charge in [-0.25, -0.2) is 4.39 Å². The van der Waals surface area contributed by atoms with Gasteiger partial charge in [0, 0.05) is 4.91 Å². The fraction of sp³-hybridized carbons (Fsp3) is 0.364. The average Bonchev–Trinajstić information content (AvgIpc) is 2.34. The van der Waals surface area contributed by atoms with Gasteiger partial charge in [-0.3, -0.25) is 4.79 Å². The highest BCUT2D eigenvalue weighted by molar-refractivity contribution is 5.78. The van der Waals surface area contributed by atoms with Gasteiger partial charge in [0.2, 0.25) is 5.91 Å². The van der Waals surface area contributed by atoms with Crippen LogP contribution in [0.3, 0.4) is 0 Å². The Morgan fingerprint density at radius 3 is 2.71 bits per heavy atom. The van der Waals surface area contributed by atoms with Crippen LogP contribution in [0.5, 0.6) is 0 Å². The molecule has 90 valence electrons. The van der Waals surface area contributed by atoms with Crippen LogP contribution in [0.1, 0.15) is 24.9 Å². The molecule has 0 aliphatic rings. The fourth-order valence-electron chi connectivity index (χ4n) is 1.45. The van der Waals surface area contributed by atoms with Crippen molar-refractivity contribution in [1.29, 1.82) is 0 Å². The summed E-state index contributed by atoms with van der Waals surface area (Å²) in [5.74, 6) is -0.664. The van der Waals surface area contributed by atoms with Crippen molar-refractivity contribution in [3.8, 4) is 0 Å². The van der Waals surface area contributed by atoms with Crippen LogP contribution in [0.15, 0.2) is 29.4 Å². The first-order valence-corrected chi connectivity index (χ1v) is 5.23. The van der Waals surface area contributed by atoms with Gasteiger partial charge in [0.15, 0.2) is 0 Å². The smallest absolute Gasteiger partial charge is 0.226 e. The molecule has 5 nitrogen and oxygen atoms in total. The number of rotatable bonds is 5. The lowest BCUT2D eigenvalue weighted by Gasteiger charge is -2.16. The molecule has 0 fully saturated rings. The number of carbonyl (C=O) groups excluding carboxylic acids is 1. The molecule has 1 amide bonds. The van der Waals surface area contributed by atoms with E-state index in [1.165, 1.54) is 12.1 Å². The van der Waals surface area contributed by atoms with Crippen LogP contribution >= 0.6 is 0 Å². The van der Waals surface area contributed by atoms with Crippen LogP contribution in [0.25, 0.3) is 10.4 Å². The maximum atomic E-state index is 12.7. The van der Waals surface area contributed by atoms with Gasteiger partial charge < -0.3 is 5.32 Å². The van der Waals surface area contributed by atoms with E-state index in [-0.39, 0.29) is 24.3 Å². The van der Waals surface area contributed by atoms with Gasteiger partial charge >= 0.3 is 0 Å². The SMILES string of the molecule is CC[C@@H](NC(=O)CN=[N+]=[N-])c1ccc(F)cc1. The van der Waals surface area contributed by atoms with Crippen LogP contribution in [-0.4, -0.2) is 12.5 Å². The molecule has 1 N–H and O–H groups in total. The number of hydrogen-bond acceptors (Lipinski definition) is 2. The summed E-state index contributed by atoms with van der Waals surface area (Å²) < 4.78 is 12.7. The van der Waals surface area contributed by atoms with Gasteiger partial charge in [0.1, 0.15) is 12.4 Å². The number of nitrogens with zero attached hydrogens (tertiary/aromatic N) is 3. The van der Waals surface area contributed by atoms with Crippen LogP contribution < -0.4 is 5.32 Å². The summed E-state index contributed by atoms with van der Waals surface area (Å²) in [6.07, 6.45) is 0.674. The van der Waals surface area contributed by atoms with Crippen LogP contribution in [0.4, 0.5) is 4.39 Å². The van der Waals surface area contributed by atoms with Crippen molar-refractivity contribution in [2.75, 3.05) is 6.54 Å². The highest BCUT2D eigenvalue weighted by atomic mass is 19.1. The lowest BCUT2D eigenvalue weighted by molar-refractivity contribution is -0.120. The zero-order valence-corrected chi connectivity index (χ0v) is 9.43. The quantitative estimate of drug-likeness (QED) is 0.476. The molecule has 6 heteroatoms. The van der Waals surface area contributed by atoms with E-state index in [0.717, 1.165) is 5.56 Å². The Morgan fingerprint density at radius 2 is 2.18 bits per heavy atom. The fourth-order valence-corrected chi connectivity index (χ4v) is 1.45. The molecule has 1 aromatic carbocycles. The number of amides is 1. The Labute approximate surface area is 98.3 Å². The van der Waals surface area contributed by atoms with Crippen LogP contribution in [-0.2, 0) is 4.79 Å². The van der Waals surface area contributed by atoms with Crippen molar-refractivity contribution in [2.24, 2.45) is 5.11 Å². The highest BCUT2D eigenvalue weighted by Crippen LogP contribution is 2.16. The highest BCUT2D eigenvalue weighted by Gasteiger charge is 2.11. The number of nitrogens with one attached hydrogen (secondary N) is 1. The van der Waals surface area contributed by atoms with Crippen molar-refractivity contribution in [1.82, 2.24) is 5.32 Å². The zero-order chi connectivity index (χ0) is 12.7. The van der Waals surface area contributed by atoms with Crippen LogP contribution in [0, 0.1) is 5.82 Å². The van der Waals surface area contributed by atoms with E-state index in [1.807, 2.05) is 6.92 Å². The third-order valence-corrected chi connectivity index (χ3v) is 2.29. The maximum Gasteiger partial charge on any atom is 0.226 e. The summed E-state index contributed by atoms with van der Waals surface area (Å²) in [5.41, 5.74) is 8.91. The molecular weight excluding hydrogens is 223 g/mol. The maximum absolute atomic E-state index is 12.7. The van der Waals surface area contributed by atoms with Gasteiger partial charge in [-0.05, 0) is 29.6 Å². The number of carbonyl (C=O) groups is 1. The predicted molar refractivity (Wildman–Crippen MR) is 61.6 cm³/mol. The van der Waals surface area contributed by atoms with Gasteiger partial charge in [-0.1, -0.05) is 24.2 Å². The number of benzene rings is 1. The largest absolute Gasteiger partial charge is 0.349 e. The van der Waals surface area contributed by atoms with Gasteiger partial charge in [-0.15, -0.1) is 0 Å². The molecule has 0 saturated heterocycles. The summed E-state index contributed by atoms with van der Waals surface area (Å²) >= 11 is 0. The zero-order valence-electron chi connectivity index (χ0n) is 9.43. The molecular formula is C11H13FN4O. The summed E-state index contributed by atoms with van der Waals surface area (Å²) in [7, 11) is 0. The van der Waals surface area contributed by atoms with E-state index >= 15 is 0 Å². The van der Waals surface area contributed by atoms with E-state index in [2.05, 4.69) is 15.3 Å². The minimum Gasteiger partial charge on any atom is -0.349 e. The topological polar surface area (TPSA) is 77.9 Å². The first-order chi connectivity index (χ1) is 8.17. The molecule has 0 aliphatic carbocycles. The summed E-state index contributed by atoms with van der Waals surface area (Å²) in [5, 5.41) is 5.89. The molecule has 1 aromatic rings. The van der Waals surface area contributed by atoms with Crippen molar-refractivity contribution in [3.05, 3.63) is 46.1 Å². The van der Waals surface area contributed by atoms with E-state index in [9.17, 15) is 9.18 Å². The lowest BCUT2D eigenvalue weighted by Crippen LogP contribution is -2.29.